The van der Waals surface area contributed by atoms with E-state index in [1.165, 1.54) is 30.4 Å². The van der Waals surface area contributed by atoms with Crippen LogP contribution in [-0.4, -0.2) is 18.0 Å². The van der Waals surface area contributed by atoms with Gasteiger partial charge in [-0.05, 0) is 61.0 Å². The Morgan fingerprint density at radius 1 is 1.17 bits per heavy atom. The Morgan fingerprint density at radius 2 is 1.79 bits per heavy atom. The summed E-state index contributed by atoms with van der Waals surface area (Å²) in [5.41, 5.74) is 8.78. The molecule has 0 radical (unpaired) electrons. The molecule has 2 bridgehead atoms. The van der Waals surface area contributed by atoms with E-state index in [9.17, 15) is 4.79 Å². The van der Waals surface area contributed by atoms with Crippen LogP contribution in [0.4, 0.5) is 0 Å². The third kappa shape index (κ3) is 4.18. The Morgan fingerprint density at radius 3 is 2.38 bits per heavy atom. The van der Waals surface area contributed by atoms with Crippen molar-refractivity contribution in [2.45, 2.75) is 76.8 Å². The summed E-state index contributed by atoms with van der Waals surface area (Å²) >= 11 is 0. The van der Waals surface area contributed by atoms with Crippen LogP contribution in [0, 0.1) is 11.8 Å². The van der Waals surface area contributed by atoms with E-state index in [0.29, 0.717) is 36.3 Å². The van der Waals surface area contributed by atoms with Gasteiger partial charge in [0.25, 0.3) is 0 Å². The van der Waals surface area contributed by atoms with Crippen molar-refractivity contribution < 1.29 is 4.79 Å². The van der Waals surface area contributed by atoms with Gasteiger partial charge in [0.2, 0.25) is 5.91 Å². The standard InChI is InChI=1S/C21H32N2O/c1-14(2)16-9-6-15(7-10-16)8-11-20(24)23-21-17-4-3-5-18(21)13-19(22)12-17/h6-7,9-10,14,17-19,21H,3-5,8,11-13,22H2,1-2H3,(H,23,24). The van der Waals surface area contributed by atoms with Crippen LogP contribution in [0.2, 0.25) is 0 Å². The van der Waals surface area contributed by atoms with Gasteiger partial charge in [-0.1, -0.05) is 44.5 Å². The fraction of sp³-hybridized carbons (Fsp3) is 0.667. The lowest BCUT2D eigenvalue weighted by molar-refractivity contribution is -0.123. The van der Waals surface area contributed by atoms with Gasteiger partial charge in [0.05, 0.1) is 0 Å². The zero-order valence-electron chi connectivity index (χ0n) is 15.1. The van der Waals surface area contributed by atoms with E-state index >= 15 is 0 Å². The highest BCUT2D eigenvalue weighted by atomic mass is 16.1. The minimum absolute atomic E-state index is 0.209. The number of hydrogen-bond donors (Lipinski definition) is 2. The molecule has 24 heavy (non-hydrogen) atoms. The molecule has 2 aliphatic carbocycles. The molecule has 3 nitrogen and oxygen atoms in total. The van der Waals surface area contributed by atoms with Crippen LogP contribution in [0.25, 0.3) is 0 Å². The first-order valence-corrected chi connectivity index (χ1v) is 9.66. The third-order valence-electron chi connectivity index (χ3n) is 5.99. The van der Waals surface area contributed by atoms with Gasteiger partial charge in [-0.3, -0.25) is 4.79 Å². The minimum Gasteiger partial charge on any atom is -0.353 e. The van der Waals surface area contributed by atoms with Gasteiger partial charge < -0.3 is 11.1 Å². The number of carbonyl (C=O) groups excluding carboxylic acids is 1. The van der Waals surface area contributed by atoms with Crippen LogP contribution in [0.15, 0.2) is 24.3 Å². The molecule has 0 aliphatic heterocycles. The fourth-order valence-electron chi connectivity index (χ4n) is 4.61. The average Bonchev–Trinajstić information content (AvgIpc) is 2.54. The molecule has 1 amide bonds. The molecular weight excluding hydrogens is 296 g/mol. The summed E-state index contributed by atoms with van der Waals surface area (Å²) < 4.78 is 0. The highest BCUT2D eigenvalue weighted by molar-refractivity contribution is 5.76. The van der Waals surface area contributed by atoms with Gasteiger partial charge in [0.1, 0.15) is 0 Å². The van der Waals surface area contributed by atoms with Crippen LogP contribution < -0.4 is 11.1 Å². The molecule has 2 atom stereocenters. The quantitative estimate of drug-likeness (QED) is 0.864. The van der Waals surface area contributed by atoms with E-state index in [-0.39, 0.29) is 5.91 Å². The van der Waals surface area contributed by atoms with Gasteiger partial charge in [-0.15, -0.1) is 0 Å². The number of hydrogen-bond acceptors (Lipinski definition) is 2. The molecule has 2 aliphatic rings. The summed E-state index contributed by atoms with van der Waals surface area (Å²) in [5, 5.41) is 3.35. The van der Waals surface area contributed by atoms with Crippen molar-refractivity contribution >= 4 is 5.91 Å². The second kappa shape index (κ2) is 7.69. The second-order valence-electron chi connectivity index (χ2n) is 8.17. The summed E-state index contributed by atoms with van der Waals surface area (Å²) in [6.07, 6.45) is 7.33. The van der Waals surface area contributed by atoms with Gasteiger partial charge in [-0.25, -0.2) is 0 Å². The van der Waals surface area contributed by atoms with Crippen molar-refractivity contribution in [3.05, 3.63) is 35.4 Å². The van der Waals surface area contributed by atoms with Crippen molar-refractivity contribution in [3.63, 3.8) is 0 Å². The van der Waals surface area contributed by atoms with Gasteiger partial charge in [0, 0.05) is 18.5 Å². The summed E-state index contributed by atoms with van der Waals surface area (Å²) in [6, 6.07) is 9.41. The van der Waals surface area contributed by atoms with E-state index in [1.54, 1.807) is 0 Å². The van der Waals surface area contributed by atoms with Crippen molar-refractivity contribution in [3.8, 4) is 0 Å². The number of carbonyl (C=O) groups is 1. The Kier molecular flexibility index (Phi) is 5.60. The number of fused-ring (bicyclic) bond motifs is 2. The largest absolute Gasteiger partial charge is 0.353 e. The second-order valence-corrected chi connectivity index (χ2v) is 8.17. The molecule has 0 heterocycles. The number of nitrogens with two attached hydrogens (primary N) is 1. The van der Waals surface area contributed by atoms with Crippen molar-refractivity contribution in [1.82, 2.24) is 5.32 Å². The maximum absolute atomic E-state index is 12.4. The molecule has 2 fully saturated rings. The van der Waals surface area contributed by atoms with Gasteiger partial charge in [-0.2, -0.15) is 0 Å². The first-order chi connectivity index (χ1) is 11.5. The average molecular weight is 329 g/mol. The van der Waals surface area contributed by atoms with Gasteiger partial charge in [0.15, 0.2) is 0 Å². The van der Waals surface area contributed by atoms with Crippen LogP contribution in [-0.2, 0) is 11.2 Å². The monoisotopic (exact) mass is 328 g/mol. The summed E-state index contributed by atoms with van der Waals surface area (Å²) in [6.45, 7) is 4.41. The summed E-state index contributed by atoms with van der Waals surface area (Å²) in [5.74, 6) is 1.96. The molecule has 2 saturated carbocycles. The van der Waals surface area contributed by atoms with E-state index in [4.69, 9.17) is 5.73 Å². The molecule has 132 valence electrons. The molecule has 0 spiro atoms. The maximum atomic E-state index is 12.4. The van der Waals surface area contributed by atoms with Crippen molar-refractivity contribution in [2.75, 3.05) is 0 Å². The van der Waals surface area contributed by atoms with E-state index in [2.05, 4.69) is 43.4 Å². The van der Waals surface area contributed by atoms with E-state index in [0.717, 1.165) is 19.3 Å². The van der Waals surface area contributed by atoms with Crippen LogP contribution >= 0.6 is 0 Å². The minimum atomic E-state index is 0.209. The first-order valence-electron chi connectivity index (χ1n) is 9.66. The number of rotatable bonds is 5. The molecule has 0 saturated heterocycles. The Labute approximate surface area is 146 Å². The predicted octanol–water partition coefficient (Wildman–Crippen LogP) is 3.76. The molecule has 3 rings (SSSR count). The SMILES string of the molecule is CC(C)c1ccc(CCC(=O)NC2C3CCCC2CC(N)C3)cc1. The van der Waals surface area contributed by atoms with E-state index in [1.807, 2.05) is 0 Å². The van der Waals surface area contributed by atoms with Crippen LogP contribution in [0.5, 0.6) is 0 Å². The van der Waals surface area contributed by atoms with E-state index < -0.39 is 0 Å². The first kappa shape index (κ1) is 17.5. The van der Waals surface area contributed by atoms with Crippen molar-refractivity contribution in [1.29, 1.82) is 0 Å². The smallest absolute Gasteiger partial charge is 0.220 e. The summed E-state index contributed by atoms with van der Waals surface area (Å²) in [7, 11) is 0. The highest BCUT2D eigenvalue weighted by Gasteiger charge is 2.39. The maximum Gasteiger partial charge on any atom is 0.220 e. The zero-order chi connectivity index (χ0) is 17.1. The Hall–Kier alpha value is -1.35. The summed E-state index contributed by atoms with van der Waals surface area (Å²) in [4.78, 5) is 12.4. The topological polar surface area (TPSA) is 55.1 Å². The lowest BCUT2D eigenvalue weighted by atomic mass is 9.67. The van der Waals surface area contributed by atoms with Crippen LogP contribution in [0.3, 0.4) is 0 Å². The van der Waals surface area contributed by atoms with Crippen molar-refractivity contribution in [2.24, 2.45) is 17.6 Å². The third-order valence-corrected chi connectivity index (χ3v) is 5.99. The number of amides is 1. The highest BCUT2D eigenvalue weighted by Crippen LogP contribution is 2.39. The number of benzene rings is 1. The molecule has 0 aromatic heterocycles. The normalized spacial score (nSPS) is 29.5. The zero-order valence-corrected chi connectivity index (χ0v) is 15.1. The Balaban J connectivity index is 1.50. The van der Waals surface area contributed by atoms with Crippen LogP contribution in [0.1, 0.15) is 69.4 Å². The fourth-order valence-corrected chi connectivity index (χ4v) is 4.61. The molecule has 1 aromatic carbocycles. The Bertz CT molecular complexity index is 537. The number of nitrogens with one attached hydrogen (secondary N) is 1. The molecule has 3 heteroatoms. The lowest BCUT2D eigenvalue weighted by Crippen LogP contribution is -2.53. The van der Waals surface area contributed by atoms with Gasteiger partial charge >= 0.3 is 0 Å². The lowest BCUT2D eigenvalue weighted by Gasteiger charge is -2.45. The number of aryl methyl sites for hydroxylation is 1. The molecule has 1 aromatic rings. The molecular formula is C21H32N2O. The molecule has 2 unspecified atom stereocenters. The molecule has 3 N–H and O–H groups in total. The predicted molar refractivity (Wildman–Crippen MR) is 98.8 cm³/mol.